The van der Waals surface area contributed by atoms with Crippen molar-refractivity contribution in [3.63, 3.8) is 0 Å². The van der Waals surface area contributed by atoms with Gasteiger partial charge in [0.05, 0.1) is 13.7 Å². The van der Waals surface area contributed by atoms with Gasteiger partial charge in [-0.25, -0.2) is 9.97 Å². The third-order valence-electron chi connectivity index (χ3n) is 3.46. The molecule has 112 valence electrons. The highest BCUT2D eigenvalue weighted by molar-refractivity contribution is 5.98. The lowest BCUT2D eigenvalue weighted by atomic mass is 10.1. The molecule has 6 nitrogen and oxygen atoms in total. The van der Waals surface area contributed by atoms with Crippen molar-refractivity contribution in [1.29, 1.82) is 0 Å². The van der Waals surface area contributed by atoms with Gasteiger partial charge in [-0.1, -0.05) is 18.2 Å². The molecule has 0 saturated heterocycles. The summed E-state index contributed by atoms with van der Waals surface area (Å²) >= 11 is 0. The number of rotatable bonds is 4. The van der Waals surface area contributed by atoms with Gasteiger partial charge in [-0.05, 0) is 17.5 Å². The summed E-state index contributed by atoms with van der Waals surface area (Å²) in [7, 11) is 3.43. The van der Waals surface area contributed by atoms with Crippen LogP contribution in [0.15, 0.2) is 42.7 Å². The average molecular weight is 296 g/mol. The van der Waals surface area contributed by atoms with Crippen LogP contribution in [0.25, 0.3) is 10.8 Å². The van der Waals surface area contributed by atoms with Crippen LogP contribution in [-0.4, -0.2) is 27.6 Å². The molecule has 1 aromatic carbocycles. The van der Waals surface area contributed by atoms with E-state index in [1.165, 1.54) is 0 Å². The van der Waals surface area contributed by atoms with Crippen molar-refractivity contribution in [2.75, 3.05) is 7.11 Å². The van der Waals surface area contributed by atoms with Crippen molar-refractivity contribution in [3.05, 3.63) is 54.2 Å². The van der Waals surface area contributed by atoms with Crippen LogP contribution in [0, 0.1) is 0 Å². The van der Waals surface area contributed by atoms with E-state index in [4.69, 9.17) is 4.74 Å². The first kappa shape index (κ1) is 14.1. The second kappa shape index (κ2) is 5.85. The molecule has 0 spiro atoms. The Morgan fingerprint density at radius 3 is 2.91 bits per heavy atom. The molecule has 0 fully saturated rings. The van der Waals surface area contributed by atoms with Crippen molar-refractivity contribution in [2.45, 2.75) is 6.54 Å². The number of fused-ring (bicyclic) bond motifs is 1. The summed E-state index contributed by atoms with van der Waals surface area (Å²) in [6.07, 6.45) is 3.53. The number of nitrogens with zero attached hydrogens (tertiary/aromatic N) is 3. The maximum atomic E-state index is 12.3. The number of aryl methyl sites for hydroxylation is 1. The number of aromatic nitrogens is 3. The molecule has 22 heavy (non-hydrogen) atoms. The van der Waals surface area contributed by atoms with Crippen LogP contribution in [0.1, 0.15) is 16.3 Å². The number of hydrogen-bond acceptors (Lipinski definition) is 4. The van der Waals surface area contributed by atoms with Gasteiger partial charge in [0.2, 0.25) is 5.88 Å². The van der Waals surface area contributed by atoms with E-state index in [9.17, 15) is 4.79 Å². The number of nitrogens with one attached hydrogen (secondary N) is 1. The fourth-order valence-corrected chi connectivity index (χ4v) is 2.26. The normalized spacial score (nSPS) is 10.6. The van der Waals surface area contributed by atoms with Crippen molar-refractivity contribution in [1.82, 2.24) is 19.9 Å². The summed E-state index contributed by atoms with van der Waals surface area (Å²) in [5.41, 5.74) is 0.324. The van der Waals surface area contributed by atoms with E-state index in [2.05, 4.69) is 15.3 Å². The predicted octanol–water partition coefficient (Wildman–Crippen LogP) is 1.91. The van der Waals surface area contributed by atoms with Gasteiger partial charge in [0.15, 0.2) is 0 Å². The lowest BCUT2D eigenvalue weighted by Crippen LogP contribution is -2.25. The maximum Gasteiger partial charge on any atom is 0.270 e. The number of pyridine rings is 1. The molecular formula is C16H16N4O2. The van der Waals surface area contributed by atoms with Gasteiger partial charge in [-0.15, -0.1) is 0 Å². The molecular weight excluding hydrogens is 280 g/mol. The van der Waals surface area contributed by atoms with Crippen LogP contribution in [-0.2, 0) is 13.6 Å². The Bertz CT molecular complexity index is 826. The molecule has 6 heteroatoms. The molecule has 0 aliphatic heterocycles. The largest absolute Gasteiger partial charge is 0.481 e. The fourth-order valence-electron chi connectivity index (χ4n) is 2.26. The minimum atomic E-state index is -0.257. The van der Waals surface area contributed by atoms with E-state index in [1.54, 1.807) is 19.4 Å². The molecule has 0 unspecified atom stereocenters. The van der Waals surface area contributed by atoms with Crippen LogP contribution in [0.3, 0.4) is 0 Å². The summed E-state index contributed by atoms with van der Waals surface area (Å²) in [6.45, 7) is 0.346. The predicted molar refractivity (Wildman–Crippen MR) is 82.7 cm³/mol. The highest BCUT2D eigenvalue weighted by Gasteiger charge is 2.13. The lowest BCUT2D eigenvalue weighted by Gasteiger charge is -2.09. The van der Waals surface area contributed by atoms with Gasteiger partial charge in [-0.2, -0.15) is 0 Å². The molecule has 0 atom stereocenters. The minimum absolute atomic E-state index is 0.257. The van der Waals surface area contributed by atoms with E-state index in [1.807, 2.05) is 42.1 Å². The average Bonchev–Trinajstić information content (AvgIpc) is 2.96. The van der Waals surface area contributed by atoms with Crippen molar-refractivity contribution in [2.24, 2.45) is 7.05 Å². The Balaban J connectivity index is 1.86. The first-order valence-corrected chi connectivity index (χ1v) is 6.87. The zero-order valence-corrected chi connectivity index (χ0v) is 12.4. The fraction of sp³-hybridized carbons (Fsp3) is 0.188. The van der Waals surface area contributed by atoms with Crippen LogP contribution in [0.2, 0.25) is 0 Å². The van der Waals surface area contributed by atoms with Gasteiger partial charge in [0.1, 0.15) is 11.5 Å². The first-order chi connectivity index (χ1) is 10.7. The molecule has 3 rings (SSSR count). The van der Waals surface area contributed by atoms with Crippen LogP contribution < -0.4 is 10.1 Å². The molecule has 2 heterocycles. The van der Waals surface area contributed by atoms with Crippen molar-refractivity contribution < 1.29 is 9.53 Å². The molecule has 1 N–H and O–H groups in total. The molecule has 0 saturated carbocycles. The first-order valence-electron chi connectivity index (χ1n) is 6.87. The lowest BCUT2D eigenvalue weighted by molar-refractivity contribution is 0.0944. The topological polar surface area (TPSA) is 69.0 Å². The van der Waals surface area contributed by atoms with Gasteiger partial charge in [-0.3, -0.25) is 4.79 Å². The number of carbonyl (C=O) groups is 1. The standard InChI is InChI=1S/C16H16N4O2/c1-20-8-7-17-14(20)10-18-15(21)13-9-11-5-3-4-6-12(11)16(19-13)22-2/h3-9H,10H2,1-2H3,(H,18,21). The van der Waals surface area contributed by atoms with E-state index in [-0.39, 0.29) is 5.91 Å². The van der Waals surface area contributed by atoms with Crippen LogP contribution in [0.4, 0.5) is 0 Å². The molecule has 1 amide bonds. The number of benzene rings is 1. The maximum absolute atomic E-state index is 12.3. The summed E-state index contributed by atoms with van der Waals surface area (Å²) < 4.78 is 7.14. The van der Waals surface area contributed by atoms with E-state index in [0.717, 1.165) is 16.6 Å². The quantitative estimate of drug-likeness (QED) is 0.798. The van der Waals surface area contributed by atoms with Gasteiger partial charge >= 0.3 is 0 Å². The zero-order chi connectivity index (χ0) is 15.5. The smallest absolute Gasteiger partial charge is 0.270 e. The Morgan fingerprint density at radius 1 is 1.36 bits per heavy atom. The van der Waals surface area contributed by atoms with Gasteiger partial charge < -0.3 is 14.6 Å². The van der Waals surface area contributed by atoms with Gasteiger partial charge in [0.25, 0.3) is 5.91 Å². The van der Waals surface area contributed by atoms with Crippen LogP contribution >= 0.6 is 0 Å². The number of amides is 1. The number of imidazole rings is 1. The molecule has 2 aromatic heterocycles. The number of ether oxygens (including phenoxy) is 1. The van der Waals surface area contributed by atoms with Gasteiger partial charge in [0, 0.05) is 24.8 Å². The molecule has 0 bridgehead atoms. The summed E-state index contributed by atoms with van der Waals surface area (Å²) in [5.74, 6) is 0.966. The zero-order valence-electron chi connectivity index (χ0n) is 12.4. The Morgan fingerprint density at radius 2 is 2.18 bits per heavy atom. The number of carbonyl (C=O) groups excluding carboxylic acids is 1. The summed E-state index contributed by atoms with van der Waals surface area (Å²) in [6, 6.07) is 9.42. The molecule has 0 aliphatic rings. The van der Waals surface area contributed by atoms with Crippen molar-refractivity contribution in [3.8, 4) is 5.88 Å². The second-order valence-corrected chi connectivity index (χ2v) is 4.87. The second-order valence-electron chi connectivity index (χ2n) is 4.87. The van der Waals surface area contributed by atoms with Crippen LogP contribution in [0.5, 0.6) is 5.88 Å². The summed E-state index contributed by atoms with van der Waals surface area (Å²) in [5, 5.41) is 4.61. The highest BCUT2D eigenvalue weighted by Crippen LogP contribution is 2.24. The number of methoxy groups -OCH3 is 1. The third-order valence-corrected chi connectivity index (χ3v) is 3.46. The van der Waals surface area contributed by atoms with E-state index >= 15 is 0 Å². The minimum Gasteiger partial charge on any atom is -0.481 e. The highest BCUT2D eigenvalue weighted by atomic mass is 16.5. The molecule has 0 aliphatic carbocycles. The Kier molecular flexibility index (Phi) is 3.74. The SMILES string of the molecule is COc1nc(C(=O)NCc2nccn2C)cc2ccccc12. The monoisotopic (exact) mass is 296 g/mol. The molecule has 0 radical (unpaired) electrons. The Hall–Kier alpha value is -2.89. The van der Waals surface area contributed by atoms with Crippen molar-refractivity contribution >= 4 is 16.7 Å². The Labute approximate surface area is 127 Å². The van der Waals surface area contributed by atoms with E-state index < -0.39 is 0 Å². The van der Waals surface area contributed by atoms with E-state index in [0.29, 0.717) is 18.1 Å². The summed E-state index contributed by atoms with van der Waals surface area (Å²) in [4.78, 5) is 20.7. The molecule has 3 aromatic rings. The third kappa shape index (κ3) is 2.63. The number of hydrogen-bond donors (Lipinski definition) is 1.